The van der Waals surface area contributed by atoms with E-state index in [0.717, 1.165) is 30.3 Å². The van der Waals surface area contributed by atoms with Gasteiger partial charge < -0.3 is 8.84 Å². The lowest BCUT2D eigenvalue weighted by Crippen LogP contribution is -2.66. The van der Waals surface area contributed by atoms with Crippen molar-refractivity contribution in [3.05, 3.63) is 84.8 Å². The minimum Gasteiger partial charge on any atom is -0.468 e. The first-order valence-electron chi connectivity index (χ1n) is 9.89. The number of rotatable bonds is 9. The summed E-state index contributed by atoms with van der Waals surface area (Å²) in [5, 5.41) is 2.73. The molecule has 3 rings (SSSR count). The topological polar surface area (TPSA) is 22.4 Å². The van der Waals surface area contributed by atoms with Gasteiger partial charge in [0.1, 0.15) is 5.76 Å². The summed E-state index contributed by atoms with van der Waals surface area (Å²) in [7, 11) is -2.39. The van der Waals surface area contributed by atoms with Crippen LogP contribution in [0, 0.1) is 0 Å². The van der Waals surface area contributed by atoms with E-state index in [4.69, 9.17) is 8.84 Å². The standard InChI is InChI=1S/C24H30O2SSi/c1-24(2,3)28(22-13-6-4-7-14-22,23-15-8-5-9-16-23)26-18-11-19-27-20-21-12-10-17-25-21/h4-10,12-17H,11,18-20H2,1-3H3. The fourth-order valence-corrected chi connectivity index (χ4v) is 9.15. The van der Waals surface area contributed by atoms with E-state index in [9.17, 15) is 0 Å². The fraction of sp³-hybridized carbons (Fsp3) is 0.333. The second-order valence-corrected chi connectivity index (χ2v) is 13.4. The van der Waals surface area contributed by atoms with Crippen LogP contribution in [0.4, 0.5) is 0 Å². The lowest BCUT2D eigenvalue weighted by Gasteiger charge is -2.43. The maximum atomic E-state index is 6.91. The van der Waals surface area contributed by atoms with Crippen molar-refractivity contribution in [2.45, 2.75) is 38.0 Å². The summed E-state index contributed by atoms with van der Waals surface area (Å²) < 4.78 is 12.3. The van der Waals surface area contributed by atoms with Crippen LogP contribution in [0.15, 0.2) is 83.5 Å². The molecule has 0 unspecified atom stereocenters. The third-order valence-corrected chi connectivity index (χ3v) is 11.1. The van der Waals surface area contributed by atoms with E-state index in [1.54, 1.807) is 6.26 Å². The summed E-state index contributed by atoms with van der Waals surface area (Å²) in [6, 6.07) is 25.7. The molecule has 148 valence electrons. The molecule has 0 saturated heterocycles. The number of furan rings is 1. The van der Waals surface area contributed by atoms with Crippen LogP contribution in [0.3, 0.4) is 0 Å². The van der Waals surface area contributed by atoms with Crippen molar-refractivity contribution in [1.29, 1.82) is 0 Å². The molecule has 2 aromatic carbocycles. The Hall–Kier alpha value is -1.75. The molecule has 1 aromatic heterocycles. The van der Waals surface area contributed by atoms with Crippen LogP contribution in [-0.2, 0) is 10.2 Å². The van der Waals surface area contributed by atoms with Gasteiger partial charge in [0.15, 0.2) is 0 Å². The second-order valence-electron chi connectivity index (χ2n) is 8.00. The van der Waals surface area contributed by atoms with Crippen LogP contribution in [0.25, 0.3) is 0 Å². The van der Waals surface area contributed by atoms with Crippen molar-refractivity contribution in [1.82, 2.24) is 0 Å². The van der Waals surface area contributed by atoms with E-state index >= 15 is 0 Å². The van der Waals surface area contributed by atoms with Crippen molar-refractivity contribution in [2.75, 3.05) is 12.4 Å². The first-order valence-corrected chi connectivity index (χ1v) is 13.0. The molecular formula is C24H30O2SSi. The van der Waals surface area contributed by atoms with E-state index in [0.29, 0.717) is 0 Å². The maximum Gasteiger partial charge on any atom is 0.261 e. The van der Waals surface area contributed by atoms with Gasteiger partial charge in [-0.05, 0) is 39.7 Å². The summed E-state index contributed by atoms with van der Waals surface area (Å²) in [6.07, 6.45) is 2.78. The molecule has 4 heteroatoms. The molecule has 0 amide bonds. The number of benzene rings is 2. The van der Waals surface area contributed by atoms with Crippen LogP contribution in [0.1, 0.15) is 33.0 Å². The highest BCUT2D eigenvalue weighted by Crippen LogP contribution is 2.36. The molecule has 0 fully saturated rings. The Labute approximate surface area is 174 Å². The van der Waals surface area contributed by atoms with Crippen LogP contribution in [0.5, 0.6) is 0 Å². The lowest BCUT2D eigenvalue weighted by molar-refractivity contribution is 0.299. The van der Waals surface area contributed by atoms with Gasteiger partial charge >= 0.3 is 0 Å². The summed E-state index contributed by atoms with van der Waals surface area (Å²) in [5.74, 6) is 3.03. The molecule has 0 radical (unpaired) electrons. The zero-order valence-electron chi connectivity index (χ0n) is 17.1. The quantitative estimate of drug-likeness (QED) is 0.344. The van der Waals surface area contributed by atoms with Gasteiger partial charge in [-0.2, -0.15) is 11.8 Å². The van der Waals surface area contributed by atoms with Crippen molar-refractivity contribution in [3.8, 4) is 0 Å². The molecule has 0 N–H and O–H groups in total. The van der Waals surface area contributed by atoms with Gasteiger partial charge in [-0.1, -0.05) is 81.4 Å². The molecule has 0 bridgehead atoms. The van der Waals surface area contributed by atoms with Gasteiger partial charge in [0.05, 0.1) is 12.0 Å². The Morgan fingerprint density at radius 2 is 1.46 bits per heavy atom. The average Bonchev–Trinajstić information content (AvgIpc) is 3.21. The first-order chi connectivity index (χ1) is 13.5. The molecule has 0 aliphatic rings. The van der Waals surface area contributed by atoms with Crippen LogP contribution < -0.4 is 10.4 Å². The highest BCUT2D eigenvalue weighted by Gasteiger charge is 2.49. The second kappa shape index (κ2) is 9.64. The van der Waals surface area contributed by atoms with E-state index in [1.165, 1.54) is 10.4 Å². The molecule has 1 heterocycles. The Balaban J connectivity index is 1.74. The molecule has 0 saturated carbocycles. The van der Waals surface area contributed by atoms with Crippen molar-refractivity contribution in [3.63, 3.8) is 0 Å². The molecule has 2 nitrogen and oxygen atoms in total. The summed E-state index contributed by atoms with van der Waals surface area (Å²) in [4.78, 5) is 0. The minimum absolute atomic E-state index is 0.0387. The third kappa shape index (κ3) is 4.80. The van der Waals surface area contributed by atoms with Gasteiger partial charge in [0.2, 0.25) is 0 Å². The molecule has 28 heavy (non-hydrogen) atoms. The van der Waals surface area contributed by atoms with Crippen molar-refractivity contribution >= 4 is 30.5 Å². The highest BCUT2D eigenvalue weighted by atomic mass is 32.2. The third-order valence-electron chi connectivity index (χ3n) is 4.99. The largest absolute Gasteiger partial charge is 0.468 e. The molecule has 0 aliphatic heterocycles. The van der Waals surface area contributed by atoms with E-state index in [-0.39, 0.29) is 5.04 Å². The predicted octanol–water partition coefficient (Wildman–Crippen LogP) is 5.48. The van der Waals surface area contributed by atoms with Gasteiger partial charge in [0, 0.05) is 6.61 Å². The summed E-state index contributed by atoms with van der Waals surface area (Å²) in [5.41, 5.74) is 0. The number of hydrogen-bond donors (Lipinski definition) is 0. The van der Waals surface area contributed by atoms with Gasteiger partial charge in [-0.15, -0.1) is 0 Å². The number of thioether (sulfide) groups is 1. The van der Waals surface area contributed by atoms with Crippen molar-refractivity contribution < 1.29 is 8.84 Å². The first kappa shape index (κ1) is 21.0. The number of hydrogen-bond acceptors (Lipinski definition) is 3. The molecular weight excluding hydrogens is 380 g/mol. The SMILES string of the molecule is CC(C)(C)[Si](OCCCSCc1ccco1)(c1ccccc1)c1ccccc1. The van der Waals surface area contributed by atoms with Gasteiger partial charge in [0.25, 0.3) is 8.32 Å². The van der Waals surface area contributed by atoms with E-state index in [1.807, 2.05) is 23.9 Å². The minimum atomic E-state index is -2.39. The van der Waals surface area contributed by atoms with Gasteiger partial charge in [-0.3, -0.25) is 0 Å². The zero-order valence-corrected chi connectivity index (χ0v) is 18.9. The van der Waals surface area contributed by atoms with E-state index < -0.39 is 8.32 Å². The fourth-order valence-electron chi connectivity index (χ4n) is 3.72. The monoisotopic (exact) mass is 410 g/mol. The zero-order chi connectivity index (χ0) is 19.9. The Morgan fingerprint density at radius 3 is 1.96 bits per heavy atom. The predicted molar refractivity (Wildman–Crippen MR) is 123 cm³/mol. The summed E-state index contributed by atoms with van der Waals surface area (Å²) >= 11 is 1.90. The smallest absolute Gasteiger partial charge is 0.261 e. The molecule has 0 aliphatic carbocycles. The summed E-state index contributed by atoms with van der Waals surface area (Å²) in [6.45, 7) is 7.75. The molecule has 3 aromatic rings. The average molecular weight is 411 g/mol. The normalized spacial score (nSPS) is 12.2. The van der Waals surface area contributed by atoms with Crippen LogP contribution in [-0.4, -0.2) is 20.7 Å². The van der Waals surface area contributed by atoms with Gasteiger partial charge in [-0.25, -0.2) is 0 Å². The molecule has 0 atom stereocenters. The Morgan fingerprint density at radius 1 is 0.857 bits per heavy atom. The molecule has 0 spiro atoms. The Bertz CT molecular complexity index is 771. The highest BCUT2D eigenvalue weighted by molar-refractivity contribution is 7.98. The van der Waals surface area contributed by atoms with Crippen LogP contribution in [0.2, 0.25) is 5.04 Å². The lowest BCUT2D eigenvalue weighted by atomic mass is 10.2. The van der Waals surface area contributed by atoms with E-state index in [2.05, 4.69) is 81.4 Å². The maximum absolute atomic E-state index is 6.91. The Kier molecular flexibility index (Phi) is 7.22. The van der Waals surface area contributed by atoms with Crippen molar-refractivity contribution in [2.24, 2.45) is 0 Å². The van der Waals surface area contributed by atoms with Crippen LogP contribution >= 0.6 is 11.8 Å².